The van der Waals surface area contributed by atoms with E-state index in [9.17, 15) is 14.7 Å². The number of hydrogen-bond acceptors (Lipinski definition) is 3. The predicted molar refractivity (Wildman–Crippen MR) is 170 cm³/mol. The topological polar surface area (TPSA) is 69.6 Å². The van der Waals surface area contributed by atoms with Crippen LogP contribution in [0.25, 0.3) is 0 Å². The highest BCUT2D eigenvalue weighted by atomic mass is 127. The van der Waals surface area contributed by atoms with Crippen LogP contribution in [0.5, 0.6) is 0 Å². The van der Waals surface area contributed by atoms with Crippen molar-refractivity contribution < 1.29 is 14.7 Å². The van der Waals surface area contributed by atoms with Crippen LogP contribution in [-0.2, 0) is 29.8 Å². The van der Waals surface area contributed by atoms with Gasteiger partial charge in [0, 0.05) is 22.2 Å². The van der Waals surface area contributed by atoms with Gasteiger partial charge in [-0.25, -0.2) is 0 Å². The summed E-state index contributed by atoms with van der Waals surface area (Å²) < 4.78 is 1.07. The molecule has 1 heterocycles. The Balaban J connectivity index is 1.81. The molecule has 4 aromatic rings. The molecular weight excluding hydrogens is 623 g/mol. The molecular formula is C35H35IN2O3. The number of aliphatic hydroxyl groups excluding tert-OH is 1. The van der Waals surface area contributed by atoms with Gasteiger partial charge in [0.05, 0.1) is 12.6 Å². The normalized spacial score (nSPS) is 18.3. The average molecular weight is 659 g/mol. The summed E-state index contributed by atoms with van der Waals surface area (Å²) in [6.07, 6.45) is 0.415. The van der Waals surface area contributed by atoms with Gasteiger partial charge in [-0.1, -0.05) is 105 Å². The third-order valence-electron chi connectivity index (χ3n) is 7.85. The maximum atomic E-state index is 14.8. The first-order valence-corrected chi connectivity index (χ1v) is 15.1. The first-order valence-electron chi connectivity index (χ1n) is 14.0. The van der Waals surface area contributed by atoms with E-state index in [-0.39, 0.29) is 24.3 Å². The molecule has 5 rings (SSSR count). The standard InChI is InChI=1S/C35H35IN2O3/c1-24(2)21-37-34(41)35(20-28-12-6-9-15-31(28)36)30-14-8-7-13-29(30)33(40)38(22-25-10-4-3-5-11-25)32(35)27-18-16-26(23-39)17-19-27/h3-19,24,32,39H,20-23H2,1-2H3,(H,37,41)/t32-,35-/m0/s1. The Labute approximate surface area is 255 Å². The van der Waals surface area contributed by atoms with Gasteiger partial charge in [0.2, 0.25) is 5.91 Å². The van der Waals surface area contributed by atoms with Gasteiger partial charge in [-0.05, 0) is 74.9 Å². The molecule has 5 nitrogen and oxygen atoms in total. The Morgan fingerprint density at radius 3 is 2.24 bits per heavy atom. The minimum Gasteiger partial charge on any atom is -0.392 e. The van der Waals surface area contributed by atoms with Crippen LogP contribution in [-0.4, -0.2) is 28.4 Å². The molecule has 6 heteroatoms. The van der Waals surface area contributed by atoms with E-state index in [1.165, 1.54) is 0 Å². The van der Waals surface area contributed by atoms with E-state index in [1.807, 2.05) is 95.9 Å². The molecule has 0 fully saturated rings. The van der Waals surface area contributed by atoms with Crippen LogP contribution in [0.4, 0.5) is 0 Å². The van der Waals surface area contributed by atoms with Crippen LogP contribution in [0.3, 0.4) is 0 Å². The van der Waals surface area contributed by atoms with E-state index in [0.29, 0.717) is 25.1 Å². The number of hydrogen-bond donors (Lipinski definition) is 2. The molecule has 2 atom stereocenters. The van der Waals surface area contributed by atoms with Gasteiger partial charge in [0.15, 0.2) is 0 Å². The van der Waals surface area contributed by atoms with Crippen molar-refractivity contribution >= 4 is 34.4 Å². The summed E-state index contributed by atoms with van der Waals surface area (Å²) in [4.78, 5) is 31.1. The Bertz CT molecular complexity index is 1520. The largest absolute Gasteiger partial charge is 0.392 e. The van der Waals surface area contributed by atoms with Crippen molar-refractivity contribution in [3.05, 3.63) is 140 Å². The Hall–Kier alpha value is -3.49. The summed E-state index contributed by atoms with van der Waals surface area (Å²) in [6.45, 7) is 4.96. The number of aliphatic hydroxyl groups is 1. The summed E-state index contributed by atoms with van der Waals surface area (Å²) in [5.74, 6) is 0.0619. The molecule has 1 aliphatic rings. The molecule has 0 aliphatic carbocycles. The van der Waals surface area contributed by atoms with E-state index in [4.69, 9.17) is 0 Å². The predicted octanol–water partition coefficient (Wildman–Crippen LogP) is 6.43. The van der Waals surface area contributed by atoms with Gasteiger partial charge in [0.25, 0.3) is 5.91 Å². The quantitative estimate of drug-likeness (QED) is 0.204. The van der Waals surface area contributed by atoms with Crippen molar-refractivity contribution in [3.63, 3.8) is 0 Å². The second-order valence-electron chi connectivity index (χ2n) is 11.1. The van der Waals surface area contributed by atoms with Gasteiger partial charge in [0.1, 0.15) is 5.41 Å². The molecule has 1 aliphatic heterocycles. The highest BCUT2D eigenvalue weighted by molar-refractivity contribution is 14.1. The van der Waals surface area contributed by atoms with Crippen LogP contribution < -0.4 is 5.32 Å². The molecule has 4 aromatic carbocycles. The average Bonchev–Trinajstić information content (AvgIpc) is 3.00. The number of benzene rings is 4. The first-order chi connectivity index (χ1) is 19.8. The zero-order valence-electron chi connectivity index (χ0n) is 23.4. The molecule has 0 aromatic heterocycles. The monoisotopic (exact) mass is 658 g/mol. The van der Waals surface area contributed by atoms with Crippen molar-refractivity contribution in [3.8, 4) is 0 Å². The number of nitrogens with one attached hydrogen (secondary N) is 1. The fourth-order valence-corrected chi connectivity index (χ4v) is 6.45. The van der Waals surface area contributed by atoms with Gasteiger partial charge >= 0.3 is 0 Å². The van der Waals surface area contributed by atoms with Crippen molar-refractivity contribution in [2.45, 2.75) is 44.9 Å². The highest BCUT2D eigenvalue weighted by Gasteiger charge is 2.56. The molecule has 41 heavy (non-hydrogen) atoms. The maximum absolute atomic E-state index is 14.8. The van der Waals surface area contributed by atoms with Crippen molar-refractivity contribution in [1.29, 1.82) is 0 Å². The highest BCUT2D eigenvalue weighted by Crippen LogP contribution is 2.50. The lowest BCUT2D eigenvalue weighted by Crippen LogP contribution is -2.59. The van der Waals surface area contributed by atoms with E-state index in [1.54, 1.807) is 0 Å². The number of carbonyl (C=O) groups is 2. The van der Waals surface area contributed by atoms with Gasteiger partial charge in [-0.3, -0.25) is 9.59 Å². The Morgan fingerprint density at radius 2 is 1.56 bits per heavy atom. The molecule has 0 bridgehead atoms. The van der Waals surface area contributed by atoms with Crippen LogP contribution in [0.2, 0.25) is 0 Å². The Morgan fingerprint density at radius 1 is 0.902 bits per heavy atom. The molecule has 2 amide bonds. The van der Waals surface area contributed by atoms with Crippen LogP contribution in [0.1, 0.15) is 58.1 Å². The van der Waals surface area contributed by atoms with Crippen LogP contribution in [0, 0.1) is 9.49 Å². The fourth-order valence-electron chi connectivity index (χ4n) is 5.87. The number of nitrogens with zero attached hydrogens (tertiary/aromatic N) is 1. The summed E-state index contributed by atoms with van der Waals surface area (Å²) in [5.41, 5.74) is 3.85. The number of halogens is 1. The number of fused-ring (bicyclic) bond motifs is 1. The van der Waals surface area contributed by atoms with E-state index in [2.05, 4.69) is 53.9 Å². The molecule has 2 N–H and O–H groups in total. The van der Waals surface area contributed by atoms with Crippen molar-refractivity contribution in [1.82, 2.24) is 10.2 Å². The van der Waals surface area contributed by atoms with Gasteiger partial charge in [-0.15, -0.1) is 0 Å². The summed E-state index contributed by atoms with van der Waals surface area (Å²) >= 11 is 2.34. The second-order valence-corrected chi connectivity index (χ2v) is 12.3. The van der Waals surface area contributed by atoms with E-state index in [0.717, 1.165) is 31.4 Å². The zero-order valence-corrected chi connectivity index (χ0v) is 25.5. The number of amides is 2. The minimum atomic E-state index is -1.11. The van der Waals surface area contributed by atoms with Crippen molar-refractivity contribution in [2.24, 2.45) is 5.92 Å². The first kappa shape index (κ1) is 29.0. The van der Waals surface area contributed by atoms with Crippen LogP contribution >= 0.6 is 22.6 Å². The summed E-state index contributed by atoms with van der Waals surface area (Å²) in [7, 11) is 0. The lowest BCUT2D eigenvalue weighted by atomic mass is 9.63. The van der Waals surface area contributed by atoms with Crippen LogP contribution in [0.15, 0.2) is 103 Å². The van der Waals surface area contributed by atoms with E-state index >= 15 is 0 Å². The molecule has 0 saturated carbocycles. The maximum Gasteiger partial charge on any atom is 0.255 e. The summed E-state index contributed by atoms with van der Waals surface area (Å²) in [6, 6.07) is 32.7. The minimum absolute atomic E-state index is 0.0807. The van der Waals surface area contributed by atoms with Gasteiger partial charge in [-0.2, -0.15) is 0 Å². The number of carbonyl (C=O) groups excluding carboxylic acids is 2. The molecule has 0 saturated heterocycles. The molecule has 210 valence electrons. The molecule has 0 radical (unpaired) electrons. The SMILES string of the molecule is CC(C)CNC(=O)[C@@]1(Cc2ccccc2I)c2ccccc2C(=O)N(Cc2ccccc2)[C@H]1c1ccc(CO)cc1. The third-order valence-corrected chi connectivity index (χ3v) is 8.91. The third kappa shape index (κ3) is 5.81. The number of rotatable bonds is 9. The smallest absolute Gasteiger partial charge is 0.255 e. The lowest BCUT2D eigenvalue weighted by Gasteiger charge is -2.50. The van der Waals surface area contributed by atoms with Gasteiger partial charge < -0.3 is 15.3 Å². The second kappa shape index (κ2) is 12.6. The van der Waals surface area contributed by atoms with E-state index < -0.39 is 11.5 Å². The summed E-state index contributed by atoms with van der Waals surface area (Å²) in [5, 5.41) is 13.0. The fraction of sp³-hybridized carbons (Fsp3) is 0.257. The molecule has 0 unspecified atom stereocenters. The zero-order chi connectivity index (χ0) is 29.0. The Kier molecular flexibility index (Phi) is 8.90. The van der Waals surface area contributed by atoms with Crippen molar-refractivity contribution in [2.75, 3.05) is 6.54 Å². The molecule has 0 spiro atoms. The lowest BCUT2D eigenvalue weighted by molar-refractivity contribution is -0.130.